The van der Waals surface area contributed by atoms with Gasteiger partial charge >= 0.3 is 0 Å². The van der Waals surface area contributed by atoms with Gasteiger partial charge in [0.15, 0.2) is 0 Å². The number of halogens is 1. The van der Waals surface area contributed by atoms with Crippen LogP contribution in [0.2, 0.25) is 0 Å². The molecule has 1 aromatic heterocycles. The maximum Gasteiger partial charge on any atom is 0.0702 e. The van der Waals surface area contributed by atoms with Crippen molar-refractivity contribution in [3.05, 3.63) is 42.1 Å². The molecule has 0 saturated carbocycles. The fourth-order valence-electron chi connectivity index (χ4n) is 1.74. The fourth-order valence-corrected chi connectivity index (χ4v) is 2.07. The number of aromatic nitrogens is 1. The molecule has 84 valence electrons. The smallest absolute Gasteiger partial charge is 0.0702 e. The summed E-state index contributed by atoms with van der Waals surface area (Å²) >= 11 is 3.51. The van der Waals surface area contributed by atoms with E-state index in [1.807, 2.05) is 12.3 Å². The minimum Gasteiger partial charge on any atom is -0.256 e. The summed E-state index contributed by atoms with van der Waals surface area (Å²) in [5, 5.41) is 2.32. The molecule has 1 atom stereocenters. The van der Waals surface area contributed by atoms with E-state index in [0.29, 0.717) is 0 Å². The van der Waals surface area contributed by atoms with Gasteiger partial charge < -0.3 is 0 Å². The molecule has 1 nitrogen and oxygen atoms in total. The summed E-state index contributed by atoms with van der Waals surface area (Å²) in [4.78, 5) is 4.47. The van der Waals surface area contributed by atoms with Crippen molar-refractivity contribution < 1.29 is 0 Å². The molecule has 16 heavy (non-hydrogen) atoms. The lowest BCUT2D eigenvalue weighted by Gasteiger charge is -2.07. The SMILES string of the molecule is CC(CBr)CCc1cnc2ccccc2c1. The highest BCUT2D eigenvalue weighted by Gasteiger charge is 2.02. The van der Waals surface area contributed by atoms with Gasteiger partial charge in [0.2, 0.25) is 0 Å². The molecular formula is C14H16BrN. The zero-order valence-corrected chi connectivity index (χ0v) is 11.1. The third-order valence-electron chi connectivity index (χ3n) is 2.84. The lowest BCUT2D eigenvalue weighted by Crippen LogP contribution is -1.98. The molecule has 0 aliphatic heterocycles. The summed E-state index contributed by atoms with van der Waals surface area (Å²) in [6.45, 7) is 2.27. The maximum atomic E-state index is 4.47. The van der Waals surface area contributed by atoms with Crippen LogP contribution in [-0.4, -0.2) is 10.3 Å². The van der Waals surface area contributed by atoms with Crippen molar-refractivity contribution in [2.45, 2.75) is 19.8 Å². The van der Waals surface area contributed by atoms with Crippen molar-refractivity contribution >= 4 is 26.8 Å². The number of hydrogen-bond donors (Lipinski definition) is 0. The number of alkyl halides is 1. The Labute approximate surface area is 105 Å². The van der Waals surface area contributed by atoms with Crippen LogP contribution in [0, 0.1) is 5.92 Å². The predicted molar refractivity (Wildman–Crippen MR) is 73.0 cm³/mol. The second kappa shape index (κ2) is 5.44. The first-order chi connectivity index (χ1) is 7.79. The topological polar surface area (TPSA) is 12.9 Å². The molecular weight excluding hydrogens is 262 g/mol. The van der Waals surface area contributed by atoms with Gasteiger partial charge in [-0.05, 0) is 36.5 Å². The lowest BCUT2D eigenvalue weighted by molar-refractivity contribution is 0.599. The van der Waals surface area contributed by atoms with E-state index in [0.717, 1.165) is 23.2 Å². The third-order valence-corrected chi connectivity index (χ3v) is 3.94. The molecule has 1 aromatic carbocycles. The summed E-state index contributed by atoms with van der Waals surface area (Å²) in [6.07, 6.45) is 4.33. The number of aryl methyl sites for hydroxylation is 1. The molecule has 2 rings (SSSR count). The Morgan fingerprint density at radius 3 is 2.94 bits per heavy atom. The van der Waals surface area contributed by atoms with E-state index in [1.165, 1.54) is 17.4 Å². The maximum absolute atomic E-state index is 4.47. The molecule has 0 amide bonds. The summed E-state index contributed by atoms with van der Waals surface area (Å²) in [5.41, 5.74) is 2.42. The molecule has 1 unspecified atom stereocenters. The second-order valence-corrected chi connectivity index (χ2v) is 4.98. The van der Waals surface area contributed by atoms with E-state index in [9.17, 15) is 0 Å². The van der Waals surface area contributed by atoms with Crippen molar-refractivity contribution in [1.82, 2.24) is 4.98 Å². The van der Waals surface area contributed by atoms with Crippen LogP contribution in [-0.2, 0) is 6.42 Å². The Kier molecular flexibility index (Phi) is 3.94. The quantitative estimate of drug-likeness (QED) is 0.764. The summed E-state index contributed by atoms with van der Waals surface area (Å²) < 4.78 is 0. The number of para-hydroxylation sites is 1. The van der Waals surface area contributed by atoms with E-state index >= 15 is 0 Å². The van der Waals surface area contributed by atoms with Crippen molar-refractivity contribution in [2.24, 2.45) is 5.92 Å². The van der Waals surface area contributed by atoms with Gasteiger partial charge in [-0.25, -0.2) is 0 Å². The van der Waals surface area contributed by atoms with Crippen LogP contribution in [0.15, 0.2) is 36.5 Å². The number of hydrogen-bond acceptors (Lipinski definition) is 1. The molecule has 2 heteroatoms. The van der Waals surface area contributed by atoms with Gasteiger partial charge in [0, 0.05) is 16.9 Å². The highest BCUT2D eigenvalue weighted by Crippen LogP contribution is 2.16. The molecule has 0 fully saturated rings. The molecule has 0 radical (unpaired) electrons. The molecule has 1 heterocycles. The van der Waals surface area contributed by atoms with E-state index in [2.05, 4.69) is 52.1 Å². The first-order valence-electron chi connectivity index (χ1n) is 5.69. The van der Waals surface area contributed by atoms with Crippen LogP contribution < -0.4 is 0 Å². The minimum absolute atomic E-state index is 0.728. The van der Waals surface area contributed by atoms with E-state index in [-0.39, 0.29) is 0 Å². The molecule has 0 aliphatic rings. The minimum atomic E-state index is 0.728. The number of nitrogens with zero attached hydrogens (tertiary/aromatic N) is 1. The van der Waals surface area contributed by atoms with E-state index in [1.54, 1.807) is 0 Å². The van der Waals surface area contributed by atoms with Crippen LogP contribution in [0.4, 0.5) is 0 Å². The first-order valence-corrected chi connectivity index (χ1v) is 6.81. The lowest BCUT2D eigenvalue weighted by atomic mass is 10.0. The highest BCUT2D eigenvalue weighted by atomic mass is 79.9. The standard InChI is InChI=1S/C14H16BrN/c1-11(9-15)6-7-12-8-13-4-2-3-5-14(13)16-10-12/h2-5,8,10-11H,6-7,9H2,1H3. The largest absolute Gasteiger partial charge is 0.256 e. The van der Waals surface area contributed by atoms with Gasteiger partial charge in [-0.3, -0.25) is 4.98 Å². The average molecular weight is 278 g/mol. The monoisotopic (exact) mass is 277 g/mol. The number of benzene rings is 1. The van der Waals surface area contributed by atoms with Crippen molar-refractivity contribution in [3.63, 3.8) is 0 Å². The Hall–Kier alpha value is -0.890. The zero-order chi connectivity index (χ0) is 11.4. The Morgan fingerprint density at radius 2 is 2.12 bits per heavy atom. The number of pyridine rings is 1. The van der Waals surface area contributed by atoms with Crippen LogP contribution in [0.5, 0.6) is 0 Å². The number of rotatable bonds is 4. The molecule has 0 spiro atoms. The first kappa shape index (κ1) is 11.6. The van der Waals surface area contributed by atoms with Crippen molar-refractivity contribution in [1.29, 1.82) is 0 Å². The van der Waals surface area contributed by atoms with Gasteiger partial charge in [0.25, 0.3) is 0 Å². The summed E-state index contributed by atoms with van der Waals surface area (Å²) in [7, 11) is 0. The predicted octanol–water partition coefficient (Wildman–Crippen LogP) is 4.20. The van der Waals surface area contributed by atoms with Gasteiger partial charge in [-0.1, -0.05) is 41.1 Å². The second-order valence-electron chi connectivity index (χ2n) is 4.33. The molecule has 0 N–H and O–H groups in total. The zero-order valence-electron chi connectivity index (χ0n) is 9.49. The normalized spacial score (nSPS) is 12.9. The summed E-state index contributed by atoms with van der Waals surface area (Å²) in [5.74, 6) is 0.728. The average Bonchev–Trinajstić information content (AvgIpc) is 2.35. The fraction of sp³-hybridized carbons (Fsp3) is 0.357. The molecule has 0 bridgehead atoms. The van der Waals surface area contributed by atoms with Gasteiger partial charge in [-0.2, -0.15) is 0 Å². The third kappa shape index (κ3) is 2.82. The Balaban J connectivity index is 2.13. The van der Waals surface area contributed by atoms with Crippen LogP contribution >= 0.6 is 15.9 Å². The van der Waals surface area contributed by atoms with Crippen LogP contribution in [0.25, 0.3) is 10.9 Å². The number of fused-ring (bicyclic) bond motifs is 1. The highest BCUT2D eigenvalue weighted by molar-refractivity contribution is 9.09. The van der Waals surface area contributed by atoms with Gasteiger partial charge in [0.1, 0.15) is 0 Å². The van der Waals surface area contributed by atoms with Gasteiger partial charge in [0.05, 0.1) is 5.52 Å². The molecule has 2 aromatic rings. The van der Waals surface area contributed by atoms with E-state index < -0.39 is 0 Å². The van der Waals surface area contributed by atoms with Crippen molar-refractivity contribution in [3.8, 4) is 0 Å². The Bertz CT molecular complexity index is 467. The van der Waals surface area contributed by atoms with E-state index in [4.69, 9.17) is 0 Å². The van der Waals surface area contributed by atoms with Gasteiger partial charge in [-0.15, -0.1) is 0 Å². The Morgan fingerprint density at radius 1 is 1.31 bits per heavy atom. The van der Waals surface area contributed by atoms with Crippen LogP contribution in [0.1, 0.15) is 18.9 Å². The molecule has 0 saturated heterocycles. The van der Waals surface area contributed by atoms with Crippen molar-refractivity contribution in [2.75, 3.05) is 5.33 Å². The van der Waals surface area contributed by atoms with Crippen LogP contribution in [0.3, 0.4) is 0 Å². The summed E-state index contributed by atoms with van der Waals surface area (Å²) in [6, 6.07) is 10.5. The molecule has 0 aliphatic carbocycles.